The zero-order chi connectivity index (χ0) is 14.1. The van der Waals surface area contributed by atoms with E-state index in [1.807, 2.05) is 13.8 Å². The van der Waals surface area contributed by atoms with Crippen molar-refractivity contribution in [2.75, 3.05) is 7.11 Å². The van der Waals surface area contributed by atoms with E-state index < -0.39 is 0 Å². The molecule has 0 atom stereocenters. The first-order chi connectivity index (χ1) is 9.69. The van der Waals surface area contributed by atoms with Crippen molar-refractivity contribution in [3.8, 4) is 11.4 Å². The van der Waals surface area contributed by atoms with Gasteiger partial charge in [-0.2, -0.15) is 9.50 Å². The Morgan fingerprint density at radius 1 is 1.20 bits per heavy atom. The predicted molar refractivity (Wildman–Crippen MR) is 69.8 cm³/mol. The Balaban J connectivity index is 2.15. The molecule has 8 nitrogen and oxygen atoms in total. The van der Waals surface area contributed by atoms with Gasteiger partial charge in [0.25, 0.3) is 5.78 Å². The van der Waals surface area contributed by atoms with Crippen LogP contribution in [0.3, 0.4) is 0 Å². The van der Waals surface area contributed by atoms with Gasteiger partial charge < -0.3 is 4.74 Å². The summed E-state index contributed by atoms with van der Waals surface area (Å²) in [6, 6.07) is 1.79. The van der Waals surface area contributed by atoms with Crippen LogP contribution in [-0.4, -0.2) is 41.9 Å². The molecule has 0 aromatic carbocycles. The lowest BCUT2D eigenvalue weighted by Gasteiger charge is -2.04. The first kappa shape index (κ1) is 12.5. The van der Waals surface area contributed by atoms with Crippen molar-refractivity contribution < 1.29 is 4.74 Å². The molecule has 0 unspecified atom stereocenters. The molecular weight excluding hydrogens is 258 g/mol. The molecule has 0 aliphatic heterocycles. The first-order valence-corrected chi connectivity index (χ1v) is 6.07. The molecule has 0 aliphatic rings. The van der Waals surface area contributed by atoms with Crippen LogP contribution < -0.4 is 0 Å². The van der Waals surface area contributed by atoms with Crippen LogP contribution in [0.1, 0.15) is 17.3 Å². The number of ether oxygens (including phenoxy) is 1. The summed E-state index contributed by atoms with van der Waals surface area (Å²) >= 11 is 0. The summed E-state index contributed by atoms with van der Waals surface area (Å²) < 4.78 is 6.67. The van der Waals surface area contributed by atoms with Gasteiger partial charge in [-0.1, -0.05) is 0 Å². The highest BCUT2D eigenvalue weighted by Crippen LogP contribution is 2.17. The van der Waals surface area contributed by atoms with Crippen molar-refractivity contribution in [1.82, 2.24) is 34.8 Å². The summed E-state index contributed by atoms with van der Waals surface area (Å²) in [5.41, 5.74) is 2.20. The van der Waals surface area contributed by atoms with Gasteiger partial charge in [0.2, 0.25) is 0 Å². The number of aromatic nitrogens is 7. The number of fused-ring (bicyclic) bond motifs is 1. The normalized spacial score (nSPS) is 11.2. The summed E-state index contributed by atoms with van der Waals surface area (Å²) in [5.74, 6) is 1.70. The van der Waals surface area contributed by atoms with Gasteiger partial charge in [0.1, 0.15) is 18.1 Å². The van der Waals surface area contributed by atoms with E-state index in [9.17, 15) is 0 Å². The monoisotopic (exact) mass is 271 g/mol. The Labute approximate surface area is 114 Å². The molecule has 8 heteroatoms. The summed E-state index contributed by atoms with van der Waals surface area (Å²) in [5, 5.41) is 12.6. The van der Waals surface area contributed by atoms with E-state index in [0.717, 1.165) is 5.69 Å². The van der Waals surface area contributed by atoms with Crippen LogP contribution in [0.25, 0.3) is 17.2 Å². The molecule has 3 heterocycles. The van der Waals surface area contributed by atoms with E-state index in [0.29, 0.717) is 35.4 Å². The minimum absolute atomic E-state index is 0.338. The van der Waals surface area contributed by atoms with Crippen LogP contribution in [0, 0.1) is 13.8 Å². The van der Waals surface area contributed by atoms with Gasteiger partial charge in [-0.05, 0) is 19.9 Å². The lowest BCUT2D eigenvalue weighted by Crippen LogP contribution is -2.04. The Morgan fingerprint density at radius 3 is 2.80 bits per heavy atom. The summed E-state index contributed by atoms with van der Waals surface area (Å²) in [6.45, 7) is 4.07. The molecule has 0 saturated heterocycles. The van der Waals surface area contributed by atoms with E-state index in [4.69, 9.17) is 4.74 Å². The van der Waals surface area contributed by atoms with E-state index >= 15 is 0 Å². The Morgan fingerprint density at radius 2 is 2.05 bits per heavy atom. The molecule has 0 bridgehead atoms. The Bertz CT molecular complexity index is 768. The third-order valence-corrected chi connectivity index (χ3v) is 2.83. The maximum absolute atomic E-state index is 5.02. The van der Waals surface area contributed by atoms with Gasteiger partial charge in [-0.15, -0.1) is 15.3 Å². The quantitative estimate of drug-likeness (QED) is 0.693. The van der Waals surface area contributed by atoms with Crippen LogP contribution in [0.2, 0.25) is 0 Å². The zero-order valence-electron chi connectivity index (χ0n) is 11.4. The number of hydrogen-bond donors (Lipinski definition) is 0. The predicted octanol–water partition coefficient (Wildman–Crippen LogP) is 0.740. The fraction of sp³-hybridized carbons (Fsp3) is 0.333. The summed E-state index contributed by atoms with van der Waals surface area (Å²) in [6.07, 6.45) is 1.70. The highest BCUT2D eigenvalue weighted by molar-refractivity contribution is 5.56. The molecule has 3 aromatic rings. The third kappa shape index (κ3) is 2.10. The number of rotatable bonds is 3. The van der Waals surface area contributed by atoms with E-state index in [-0.39, 0.29) is 0 Å². The zero-order valence-corrected chi connectivity index (χ0v) is 11.4. The molecule has 0 spiro atoms. The average Bonchev–Trinajstić information content (AvgIpc) is 2.83. The molecule has 0 fully saturated rings. The second-order valence-electron chi connectivity index (χ2n) is 4.30. The number of methoxy groups -OCH3 is 1. The average molecular weight is 271 g/mol. The topological polar surface area (TPSA) is 91.0 Å². The molecule has 0 amide bonds. The van der Waals surface area contributed by atoms with Crippen LogP contribution >= 0.6 is 0 Å². The highest BCUT2D eigenvalue weighted by Gasteiger charge is 2.13. The molecule has 0 saturated carbocycles. The van der Waals surface area contributed by atoms with Crippen LogP contribution in [-0.2, 0) is 11.3 Å². The smallest absolute Gasteiger partial charge is 0.272 e. The van der Waals surface area contributed by atoms with Crippen molar-refractivity contribution >= 4 is 5.78 Å². The number of nitrogens with zero attached hydrogens (tertiary/aromatic N) is 7. The second kappa shape index (κ2) is 4.89. The maximum atomic E-state index is 5.02. The lowest BCUT2D eigenvalue weighted by molar-refractivity contribution is 0.178. The fourth-order valence-corrected chi connectivity index (χ4v) is 1.92. The van der Waals surface area contributed by atoms with Crippen LogP contribution in [0.5, 0.6) is 0 Å². The molecular formula is C12H13N7O. The highest BCUT2D eigenvalue weighted by atomic mass is 16.5. The van der Waals surface area contributed by atoms with Crippen LogP contribution in [0.15, 0.2) is 12.3 Å². The van der Waals surface area contributed by atoms with Gasteiger partial charge in [0.05, 0.1) is 11.4 Å². The molecule has 0 aliphatic carbocycles. The molecule has 3 rings (SSSR count). The Kier molecular flexibility index (Phi) is 3.07. The summed E-state index contributed by atoms with van der Waals surface area (Å²) in [7, 11) is 1.60. The molecule has 102 valence electrons. The summed E-state index contributed by atoms with van der Waals surface area (Å²) in [4.78, 5) is 12.7. The van der Waals surface area contributed by atoms with Crippen molar-refractivity contribution in [3.63, 3.8) is 0 Å². The first-order valence-electron chi connectivity index (χ1n) is 6.07. The van der Waals surface area contributed by atoms with E-state index in [2.05, 4.69) is 30.2 Å². The molecule has 0 N–H and O–H groups in total. The van der Waals surface area contributed by atoms with E-state index in [1.165, 1.54) is 0 Å². The largest absolute Gasteiger partial charge is 0.377 e. The SMILES string of the molecule is COCc1nc2nnc(-c3ccnc(C)n3)c(C)n2n1. The van der Waals surface area contributed by atoms with Gasteiger partial charge in [0, 0.05) is 13.3 Å². The van der Waals surface area contributed by atoms with Gasteiger partial charge in [-0.3, -0.25) is 0 Å². The van der Waals surface area contributed by atoms with Crippen molar-refractivity contribution in [3.05, 3.63) is 29.6 Å². The van der Waals surface area contributed by atoms with Gasteiger partial charge in [0.15, 0.2) is 5.82 Å². The van der Waals surface area contributed by atoms with Crippen molar-refractivity contribution in [2.45, 2.75) is 20.5 Å². The minimum atomic E-state index is 0.338. The number of aryl methyl sites for hydroxylation is 2. The standard InChI is InChI=1S/C12H13N7O/c1-7-11(9-4-5-13-8(2)14-9)16-17-12-15-10(6-20-3)18-19(7)12/h4-5H,6H2,1-3H3. The van der Waals surface area contributed by atoms with Crippen molar-refractivity contribution in [1.29, 1.82) is 0 Å². The molecule has 20 heavy (non-hydrogen) atoms. The lowest BCUT2D eigenvalue weighted by atomic mass is 10.2. The third-order valence-electron chi connectivity index (χ3n) is 2.83. The second-order valence-corrected chi connectivity index (χ2v) is 4.30. The van der Waals surface area contributed by atoms with Crippen molar-refractivity contribution in [2.24, 2.45) is 0 Å². The van der Waals surface area contributed by atoms with Crippen LogP contribution in [0.4, 0.5) is 0 Å². The molecule has 3 aromatic heterocycles. The maximum Gasteiger partial charge on any atom is 0.272 e. The van der Waals surface area contributed by atoms with Gasteiger partial charge in [-0.25, -0.2) is 9.97 Å². The molecule has 0 radical (unpaired) electrons. The minimum Gasteiger partial charge on any atom is -0.377 e. The van der Waals surface area contributed by atoms with Gasteiger partial charge >= 0.3 is 0 Å². The fourth-order valence-electron chi connectivity index (χ4n) is 1.92. The Hall–Kier alpha value is -2.48. The number of hydrogen-bond acceptors (Lipinski definition) is 7. The van der Waals surface area contributed by atoms with E-state index in [1.54, 1.807) is 23.9 Å².